The van der Waals surface area contributed by atoms with E-state index >= 15 is 0 Å². The van der Waals surface area contributed by atoms with Gasteiger partial charge < -0.3 is 15.1 Å². The highest BCUT2D eigenvalue weighted by atomic mass is 16.2. The van der Waals surface area contributed by atoms with Crippen LogP contribution in [0.1, 0.15) is 30.1 Å². The van der Waals surface area contributed by atoms with E-state index < -0.39 is 0 Å². The van der Waals surface area contributed by atoms with Gasteiger partial charge in [-0.2, -0.15) is 0 Å². The minimum absolute atomic E-state index is 0.0584. The average molecular weight is 422 g/mol. The fourth-order valence-electron chi connectivity index (χ4n) is 4.45. The van der Waals surface area contributed by atoms with Gasteiger partial charge in [0.05, 0.1) is 11.3 Å². The molecule has 0 spiro atoms. The van der Waals surface area contributed by atoms with Gasteiger partial charge in [0.15, 0.2) is 0 Å². The Bertz CT molecular complexity index is 897. The van der Waals surface area contributed by atoms with Gasteiger partial charge in [0.1, 0.15) is 0 Å². The van der Waals surface area contributed by atoms with E-state index in [0.29, 0.717) is 11.6 Å². The number of nitrogens with zero attached hydrogens (tertiary/aromatic N) is 4. The van der Waals surface area contributed by atoms with Crippen molar-refractivity contribution >= 4 is 17.5 Å². The summed E-state index contributed by atoms with van der Waals surface area (Å²) in [5.74, 6) is -0.0380. The number of aromatic nitrogens is 1. The van der Waals surface area contributed by atoms with Crippen molar-refractivity contribution in [2.24, 2.45) is 0 Å². The topological polar surface area (TPSA) is 68.8 Å². The maximum atomic E-state index is 12.9. The van der Waals surface area contributed by atoms with Gasteiger partial charge in [-0.3, -0.25) is 19.5 Å². The Morgan fingerprint density at radius 2 is 1.61 bits per heavy atom. The van der Waals surface area contributed by atoms with Crippen LogP contribution in [0.5, 0.6) is 0 Å². The summed E-state index contributed by atoms with van der Waals surface area (Å²) in [5.41, 5.74) is 3.13. The number of hydrogen-bond donors (Lipinski definition) is 1. The number of likely N-dealkylation sites (tertiary alicyclic amines) is 1. The van der Waals surface area contributed by atoms with Gasteiger partial charge in [-0.25, -0.2) is 0 Å². The van der Waals surface area contributed by atoms with Gasteiger partial charge >= 0.3 is 0 Å². The van der Waals surface area contributed by atoms with E-state index in [2.05, 4.69) is 27.1 Å². The number of pyridine rings is 1. The van der Waals surface area contributed by atoms with Crippen LogP contribution in [0, 0.1) is 0 Å². The van der Waals surface area contributed by atoms with E-state index in [4.69, 9.17) is 0 Å². The number of amides is 2. The lowest BCUT2D eigenvalue weighted by atomic mass is 10.0. The molecule has 0 bridgehead atoms. The summed E-state index contributed by atoms with van der Waals surface area (Å²) in [5, 5.41) is 2.75. The van der Waals surface area contributed by atoms with Crippen LogP contribution >= 0.6 is 0 Å². The Morgan fingerprint density at radius 3 is 2.19 bits per heavy atom. The summed E-state index contributed by atoms with van der Waals surface area (Å²) < 4.78 is 0. The number of rotatable bonds is 4. The average Bonchev–Trinajstić information content (AvgIpc) is 2.79. The Kier molecular flexibility index (Phi) is 6.63. The van der Waals surface area contributed by atoms with E-state index in [1.165, 1.54) is 19.8 Å². The van der Waals surface area contributed by atoms with Crippen molar-refractivity contribution in [3.8, 4) is 11.3 Å². The zero-order valence-electron chi connectivity index (χ0n) is 18.4. The molecule has 0 atom stereocenters. The first-order valence-electron chi connectivity index (χ1n) is 11.1. The summed E-state index contributed by atoms with van der Waals surface area (Å²) in [6.07, 6.45) is 4.12. The first-order valence-corrected chi connectivity index (χ1v) is 11.1. The quantitative estimate of drug-likeness (QED) is 0.822. The number of hydrogen-bond acceptors (Lipinski definition) is 5. The molecule has 2 fully saturated rings. The number of carbonyl (C=O) groups is 2. The molecular weight excluding hydrogens is 390 g/mol. The molecule has 0 saturated carbocycles. The van der Waals surface area contributed by atoms with Crippen LogP contribution in [0.4, 0.5) is 5.69 Å². The standard InChI is InChI=1S/C24H31N5O2/c1-18(30)26-21-6-3-19(4-7-21)23-8-5-20(17-25-23)24(31)29-15-13-28(14-16-29)22-9-11-27(2)12-10-22/h3-8,17,22H,9-16H2,1-2H3,(H,26,30). The van der Waals surface area contributed by atoms with Gasteiger partial charge in [0, 0.05) is 56.6 Å². The third kappa shape index (κ3) is 5.29. The lowest BCUT2D eigenvalue weighted by Gasteiger charge is -2.42. The smallest absolute Gasteiger partial charge is 0.255 e. The number of benzene rings is 1. The molecule has 31 heavy (non-hydrogen) atoms. The van der Waals surface area contributed by atoms with Crippen molar-refractivity contribution in [3.63, 3.8) is 0 Å². The molecule has 2 aliphatic rings. The molecule has 164 valence electrons. The number of nitrogens with one attached hydrogen (secondary N) is 1. The summed E-state index contributed by atoms with van der Waals surface area (Å²) >= 11 is 0. The summed E-state index contributed by atoms with van der Waals surface area (Å²) in [4.78, 5) is 35.5. The van der Waals surface area contributed by atoms with Gasteiger partial charge in [0.2, 0.25) is 5.91 Å². The second-order valence-electron chi connectivity index (χ2n) is 8.55. The predicted molar refractivity (Wildman–Crippen MR) is 122 cm³/mol. The molecule has 1 N–H and O–H groups in total. The number of carbonyl (C=O) groups excluding carboxylic acids is 2. The van der Waals surface area contributed by atoms with Crippen LogP contribution in [0.3, 0.4) is 0 Å². The minimum atomic E-state index is -0.0964. The SMILES string of the molecule is CC(=O)Nc1ccc(-c2ccc(C(=O)N3CCN(C4CCN(C)CC4)CC3)cn2)cc1. The molecule has 1 aromatic carbocycles. The van der Waals surface area contributed by atoms with Crippen molar-refractivity contribution in [1.82, 2.24) is 19.7 Å². The van der Waals surface area contributed by atoms with Crippen molar-refractivity contribution in [2.75, 3.05) is 51.6 Å². The van der Waals surface area contributed by atoms with Gasteiger partial charge in [0.25, 0.3) is 5.91 Å². The maximum Gasteiger partial charge on any atom is 0.255 e. The molecule has 0 unspecified atom stereocenters. The van der Waals surface area contributed by atoms with Crippen LogP contribution in [0.2, 0.25) is 0 Å². The number of piperidine rings is 1. The molecule has 2 aromatic rings. The molecule has 0 aliphatic carbocycles. The molecule has 2 aliphatic heterocycles. The molecule has 2 saturated heterocycles. The Balaban J connectivity index is 1.33. The largest absolute Gasteiger partial charge is 0.336 e. The monoisotopic (exact) mass is 421 g/mol. The number of piperazine rings is 1. The molecule has 7 heteroatoms. The van der Waals surface area contributed by atoms with Crippen molar-refractivity contribution in [3.05, 3.63) is 48.2 Å². The van der Waals surface area contributed by atoms with Crippen molar-refractivity contribution < 1.29 is 9.59 Å². The van der Waals surface area contributed by atoms with Crippen LogP contribution in [0.15, 0.2) is 42.6 Å². The minimum Gasteiger partial charge on any atom is -0.336 e. The zero-order valence-corrected chi connectivity index (χ0v) is 18.4. The zero-order chi connectivity index (χ0) is 21.8. The maximum absolute atomic E-state index is 12.9. The Labute approximate surface area is 184 Å². The van der Waals surface area contributed by atoms with Crippen LogP contribution < -0.4 is 5.32 Å². The Hall–Kier alpha value is -2.77. The van der Waals surface area contributed by atoms with E-state index in [-0.39, 0.29) is 11.8 Å². The predicted octanol–water partition coefficient (Wildman–Crippen LogP) is 2.56. The van der Waals surface area contributed by atoms with Gasteiger partial charge in [-0.1, -0.05) is 12.1 Å². The lowest BCUT2D eigenvalue weighted by Crippen LogP contribution is -2.54. The second kappa shape index (κ2) is 9.58. The van der Waals surface area contributed by atoms with Crippen LogP contribution in [-0.2, 0) is 4.79 Å². The van der Waals surface area contributed by atoms with Crippen molar-refractivity contribution in [2.45, 2.75) is 25.8 Å². The highest BCUT2D eigenvalue weighted by Gasteiger charge is 2.28. The fourth-order valence-corrected chi connectivity index (χ4v) is 4.45. The van der Waals surface area contributed by atoms with Crippen LogP contribution in [0.25, 0.3) is 11.3 Å². The fraction of sp³-hybridized carbons (Fsp3) is 0.458. The molecule has 4 rings (SSSR count). The highest BCUT2D eigenvalue weighted by molar-refractivity contribution is 5.94. The van der Waals surface area contributed by atoms with E-state index in [0.717, 1.165) is 56.2 Å². The highest BCUT2D eigenvalue weighted by Crippen LogP contribution is 2.21. The Morgan fingerprint density at radius 1 is 0.935 bits per heavy atom. The summed E-state index contributed by atoms with van der Waals surface area (Å²) in [6.45, 7) is 7.27. The van der Waals surface area contributed by atoms with Crippen LogP contribution in [-0.4, -0.2) is 83.9 Å². The summed E-state index contributed by atoms with van der Waals surface area (Å²) in [6, 6.07) is 11.9. The molecule has 2 amide bonds. The lowest BCUT2D eigenvalue weighted by molar-refractivity contribution is -0.114. The molecule has 1 aromatic heterocycles. The molecule has 7 nitrogen and oxygen atoms in total. The van der Waals surface area contributed by atoms with Gasteiger partial charge in [-0.15, -0.1) is 0 Å². The first kappa shape index (κ1) is 21.5. The molecular formula is C24H31N5O2. The molecule has 0 radical (unpaired) electrons. The van der Waals surface area contributed by atoms with E-state index in [9.17, 15) is 9.59 Å². The van der Waals surface area contributed by atoms with E-state index in [1.54, 1.807) is 6.20 Å². The van der Waals surface area contributed by atoms with Gasteiger partial charge in [-0.05, 0) is 57.2 Å². The van der Waals surface area contributed by atoms with Crippen molar-refractivity contribution in [1.29, 1.82) is 0 Å². The third-order valence-electron chi connectivity index (χ3n) is 6.32. The molecule has 3 heterocycles. The normalized spacial score (nSPS) is 18.7. The summed E-state index contributed by atoms with van der Waals surface area (Å²) in [7, 11) is 2.19. The number of anilines is 1. The first-order chi connectivity index (χ1) is 15.0. The second-order valence-corrected chi connectivity index (χ2v) is 8.55. The van der Waals surface area contributed by atoms with E-state index in [1.807, 2.05) is 41.3 Å². The third-order valence-corrected chi connectivity index (χ3v) is 6.32.